The molecule has 0 saturated heterocycles. The highest BCUT2D eigenvalue weighted by atomic mass is 32.2. The van der Waals surface area contributed by atoms with E-state index in [9.17, 15) is 16.8 Å². The lowest BCUT2D eigenvalue weighted by molar-refractivity contribution is 0.293. The highest BCUT2D eigenvalue weighted by Gasteiger charge is 2.36. The van der Waals surface area contributed by atoms with Crippen molar-refractivity contribution < 1.29 is 21.9 Å². The molecule has 0 atom stereocenters. The zero-order valence-corrected chi connectivity index (χ0v) is 20.1. The summed E-state index contributed by atoms with van der Waals surface area (Å²) in [5.74, 6) is 0.486. The van der Waals surface area contributed by atoms with Crippen molar-refractivity contribution in [3.63, 3.8) is 0 Å². The van der Waals surface area contributed by atoms with E-state index in [1.165, 1.54) is 12.5 Å². The van der Waals surface area contributed by atoms with Gasteiger partial charge in [-0.05, 0) is 44.4 Å². The molecule has 1 aromatic carbocycles. The number of rotatable bonds is 9. The minimum Gasteiger partial charge on any atom is -0.396 e. The third-order valence-electron chi connectivity index (χ3n) is 5.92. The molecule has 0 aliphatic heterocycles. The van der Waals surface area contributed by atoms with Crippen molar-refractivity contribution in [3.8, 4) is 0 Å². The van der Waals surface area contributed by atoms with Gasteiger partial charge in [-0.25, -0.2) is 35.5 Å². The molecule has 1 saturated carbocycles. The summed E-state index contributed by atoms with van der Waals surface area (Å²) in [6, 6.07) is 8.19. The highest BCUT2D eigenvalue weighted by molar-refractivity contribution is 7.90. The number of nitrogens with zero attached hydrogens (tertiary/aromatic N) is 4. The molecule has 1 aliphatic carbocycles. The van der Waals surface area contributed by atoms with Crippen LogP contribution in [0.4, 0.5) is 5.82 Å². The zero-order valence-electron chi connectivity index (χ0n) is 18.4. The zero-order chi connectivity index (χ0) is 23.8. The first-order chi connectivity index (χ1) is 15.6. The third-order valence-corrected chi connectivity index (χ3v) is 9.12. The average molecular weight is 494 g/mol. The van der Waals surface area contributed by atoms with Gasteiger partial charge < -0.3 is 10.0 Å². The van der Waals surface area contributed by atoms with Gasteiger partial charge in [-0.2, -0.15) is 0 Å². The Balaban J connectivity index is 1.53. The molecule has 0 spiro atoms. The molecular weight excluding hydrogens is 466 g/mol. The largest absolute Gasteiger partial charge is 0.396 e. The molecule has 3 aromatic rings. The first-order valence-electron chi connectivity index (χ1n) is 10.6. The molecular formula is C21H27N5O5S2. The fraction of sp³-hybridized carbons (Fsp3) is 0.429. The van der Waals surface area contributed by atoms with Gasteiger partial charge in [-0.3, -0.25) is 0 Å². The lowest BCUT2D eigenvalue weighted by Gasteiger charge is -2.41. The van der Waals surface area contributed by atoms with E-state index in [-0.39, 0.29) is 41.4 Å². The summed E-state index contributed by atoms with van der Waals surface area (Å²) in [6.07, 6.45) is 4.21. The molecule has 1 fully saturated rings. The van der Waals surface area contributed by atoms with Gasteiger partial charge in [-0.1, -0.05) is 17.7 Å². The number of fused-ring (bicyclic) bond motifs is 1. The Hall–Kier alpha value is -2.54. The molecule has 1 aliphatic rings. The number of aliphatic hydroxyl groups is 1. The van der Waals surface area contributed by atoms with E-state index in [0.717, 1.165) is 9.54 Å². The third kappa shape index (κ3) is 4.74. The van der Waals surface area contributed by atoms with E-state index in [1.807, 2.05) is 18.9 Å². The number of hydrogen-bond donors (Lipinski definition) is 2. The van der Waals surface area contributed by atoms with Gasteiger partial charge in [0.25, 0.3) is 10.0 Å². The van der Waals surface area contributed by atoms with Crippen LogP contribution < -0.4 is 9.62 Å². The minimum atomic E-state index is -3.82. The molecule has 0 bridgehead atoms. The van der Waals surface area contributed by atoms with Gasteiger partial charge in [0, 0.05) is 31.9 Å². The number of aryl methyl sites for hydroxylation is 1. The molecule has 0 radical (unpaired) electrons. The first kappa shape index (κ1) is 23.6. The fourth-order valence-electron chi connectivity index (χ4n) is 3.95. The van der Waals surface area contributed by atoms with Gasteiger partial charge in [0.2, 0.25) is 10.0 Å². The van der Waals surface area contributed by atoms with Crippen LogP contribution >= 0.6 is 0 Å². The quantitative estimate of drug-likeness (QED) is 0.455. The maximum Gasteiger partial charge on any atom is 0.269 e. The van der Waals surface area contributed by atoms with E-state index in [4.69, 9.17) is 5.11 Å². The molecule has 0 amide bonds. The van der Waals surface area contributed by atoms with E-state index in [0.29, 0.717) is 24.0 Å². The van der Waals surface area contributed by atoms with Crippen molar-refractivity contribution >= 4 is 36.9 Å². The Morgan fingerprint density at radius 3 is 2.48 bits per heavy atom. The maximum atomic E-state index is 13.2. The molecule has 33 heavy (non-hydrogen) atoms. The topological polar surface area (TPSA) is 134 Å². The van der Waals surface area contributed by atoms with Crippen molar-refractivity contribution in [3.05, 3.63) is 48.4 Å². The Morgan fingerprint density at radius 1 is 1.12 bits per heavy atom. The number of anilines is 1. The highest BCUT2D eigenvalue weighted by Crippen LogP contribution is 2.33. The van der Waals surface area contributed by atoms with Crippen LogP contribution in [0.25, 0.3) is 11.0 Å². The van der Waals surface area contributed by atoms with Gasteiger partial charge >= 0.3 is 0 Å². The summed E-state index contributed by atoms with van der Waals surface area (Å²) < 4.78 is 54.2. The lowest BCUT2D eigenvalue weighted by Crippen LogP contribution is -2.53. The van der Waals surface area contributed by atoms with Crippen molar-refractivity contribution in [2.45, 2.75) is 43.2 Å². The van der Waals surface area contributed by atoms with Gasteiger partial charge in [0.15, 0.2) is 5.65 Å². The smallest absolute Gasteiger partial charge is 0.269 e. The van der Waals surface area contributed by atoms with Crippen LogP contribution in [-0.2, 0) is 20.0 Å². The molecule has 10 nitrogen and oxygen atoms in total. The lowest BCUT2D eigenvalue weighted by atomic mass is 9.86. The minimum absolute atomic E-state index is 0.0469. The summed E-state index contributed by atoms with van der Waals surface area (Å²) in [4.78, 5) is 10.7. The van der Waals surface area contributed by atoms with Crippen molar-refractivity contribution in [1.82, 2.24) is 18.7 Å². The number of aliphatic hydroxyl groups excluding tert-OH is 1. The fourth-order valence-corrected chi connectivity index (χ4v) is 6.58. The van der Waals surface area contributed by atoms with Crippen LogP contribution in [0.3, 0.4) is 0 Å². The Bertz CT molecular complexity index is 1350. The first-order valence-corrected chi connectivity index (χ1v) is 13.7. The van der Waals surface area contributed by atoms with Gasteiger partial charge in [0.05, 0.1) is 16.0 Å². The second-order valence-electron chi connectivity index (χ2n) is 8.31. The summed E-state index contributed by atoms with van der Waals surface area (Å²) in [5.41, 5.74) is 1.25. The predicted octanol–water partition coefficient (Wildman–Crippen LogP) is 1.25. The summed E-state index contributed by atoms with van der Waals surface area (Å²) >= 11 is 0. The predicted molar refractivity (Wildman–Crippen MR) is 125 cm³/mol. The van der Waals surface area contributed by atoms with Crippen molar-refractivity contribution in [2.24, 2.45) is 0 Å². The van der Waals surface area contributed by atoms with Crippen molar-refractivity contribution in [2.75, 3.05) is 24.3 Å². The molecule has 12 heteroatoms. The van der Waals surface area contributed by atoms with Gasteiger partial charge in [-0.15, -0.1) is 0 Å². The average Bonchev–Trinajstić information content (AvgIpc) is 3.19. The van der Waals surface area contributed by atoms with Crippen LogP contribution in [0.5, 0.6) is 0 Å². The van der Waals surface area contributed by atoms with Gasteiger partial charge in [0.1, 0.15) is 12.1 Å². The standard InChI is InChI=1S/C21H27N5O5S2/c1-15-4-6-18(7-5-15)33(30,31)26-9-8-19-20(22-14-23-21(19)26)25(2)17-12-16(13-17)24-32(28,29)11-3-10-27/h4-9,14,16-17,24,27H,3,10-13H2,1-2H3. The van der Waals surface area contributed by atoms with Crippen LogP contribution in [0.2, 0.25) is 0 Å². The monoisotopic (exact) mass is 493 g/mol. The number of benzene rings is 1. The number of hydrogen-bond acceptors (Lipinski definition) is 8. The van der Waals surface area contributed by atoms with Crippen LogP contribution in [-0.4, -0.2) is 67.4 Å². The molecule has 4 rings (SSSR count). The van der Waals surface area contributed by atoms with Crippen LogP contribution in [0, 0.1) is 6.92 Å². The second kappa shape index (κ2) is 9.01. The molecule has 178 valence electrons. The van der Waals surface area contributed by atoms with E-state index < -0.39 is 20.0 Å². The SMILES string of the molecule is Cc1ccc(S(=O)(=O)n2ccc3c(N(C)C4CC(NS(=O)(=O)CCCO)C4)ncnc32)cc1. The molecule has 0 unspecified atom stereocenters. The van der Waals surface area contributed by atoms with Crippen LogP contribution in [0.1, 0.15) is 24.8 Å². The normalized spacial score (nSPS) is 18.9. The summed E-state index contributed by atoms with van der Waals surface area (Å²) in [6.45, 7) is 1.72. The molecule has 2 N–H and O–H groups in total. The summed E-state index contributed by atoms with van der Waals surface area (Å²) in [7, 11) is -5.38. The van der Waals surface area contributed by atoms with E-state index in [2.05, 4.69) is 14.7 Å². The maximum absolute atomic E-state index is 13.2. The number of aromatic nitrogens is 3. The van der Waals surface area contributed by atoms with E-state index >= 15 is 0 Å². The molecule has 2 aromatic heterocycles. The van der Waals surface area contributed by atoms with E-state index in [1.54, 1.807) is 30.3 Å². The van der Waals surface area contributed by atoms with Crippen molar-refractivity contribution in [1.29, 1.82) is 0 Å². The van der Waals surface area contributed by atoms with Crippen LogP contribution in [0.15, 0.2) is 47.8 Å². The number of sulfonamides is 1. The summed E-state index contributed by atoms with van der Waals surface area (Å²) in [5, 5.41) is 9.44. The number of nitrogens with one attached hydrogen (secondary N) is 1. The Labute approximate surface area is 193 Å². The Kier molecular flexibility index (Phi) is 6.45. The molecule has 2 heterocycles. The Morgan fingerprint density at radius 2 is 1.82 bits per heavy atom. The second-order valence-corrected chi connectivity index (χ2v) is 12.0.